The number of aliphatic hydroxyl groups excluding tert-OH is 1. The molecule has 6 aromatic rings. The van der Waals surface area contributed by atoms with Gasteiger partial charge in [-0.2, -0.15) is 0 Å². The van der Waals surface area contributed by atoms with E-state index in [0.29, 0.717) is 30.9 Å². The van der Waals surface area contributed by atoms with Gasteiger partial charge in [0, 0.05) is 57.0 Å². The van der Waals surface area contributed by atoms with Crippen LogP contribution in [0.2, 0.25) is 18.6 Å². The van der Waals surface area contributed by atoms with Crippen LogP contribution in [-0.4, -0.2) is 62.7 Å². The SMILES string of the molecule is C[C@@H]1[C@@H]([Si](C)(C)O)[C@H](CCn2cc(C(CO)c3ccccc3)nn2)O[C@@]12C(=O)N(Cc1ccc(NC(=O)Cc3c[nH]c4ccccc34)cc1)c1ccc(Br)cc12. The van der Waals surface area contributed by atoms with Crippen molar-refractivity contribution in [2.24, 2.45) is 5.92 Å². The van der Waals surface area contributed by atoms with Crippen LogP contribution in [0.1, 0.15) is 47.2 Å². The Morgan fingerprint density at radius 3 is 2.55 bits per heavy atom. The van der Waals surface area contributed by atoms with Gasteiger partial charge in [-0.3, -0.25) is 14.3 Å². The van der Waals surface area contributed by atoms with Crippen molar-refractivity contribution in [1.82, 2.24) is 20.0 Å². The van der Waals surface area contributed by atoms with E-state index in [0.717, 1.165) is 43.3 Å². The number of carbonyl (C=O) groups excluding carboxylic acids is 2. The monoisotopic (exact) mass is 832 g/mol. The standard InChI is InChI=1S/C43H45BrN6O5Si/c1-27-41(56(2,3)54)39(19-20-49-25-37(47-48-49)34(26-51)29-9-5-4-6-10-29)55-43(27)35-22-31(44)15-18-38(35)50(42(43)53)24-28-13-16-32(17-14-28)46-40(52)21-30-23-45-36-12-8-7-11-33(30)36/h4-18,22-23,25,27,34,39,41,45,51,54H,19-21,24,26H2,1-3H3,(H,46,52)/t27-,34?,39+,41-,43+/m1/s1. The second kappa shape index (κ2) is 15.2. The van der Waals surface area contributed by atoms with Gasteiger partial charge in [0.2, 0.25) is 5.91 Å². The molecule has 288 valence electrons. The lowest BCUT2D eigenvalue weighted by molar-refractivity contribution is -0.146. The molecule has 0 radical (unpaired) electrons. The van der Waals surface area contributed by atoms with E-state index in [1.165, 1.54) is 0 Å². The predicted octanol–water partition coefficient (Wildman–Crippen LogP) is 7.26. The zero-order chi connectivity index (χ0) is 39.2. The number of aromatic nitrogens is 4. The molecule has 5 atom stereocenters. The highest BCUT2D eigenvalue weighted by Crippen LogP contribution is 2.60. The molecule has 1 spiro atoms. The number of nitrogens with one attached hydrogen (secondary N) is 2. The third kappa shape index (κ3) is 7.02. The number of fused-ring (bicyclic) bond motifs is 3. The van der Waals surface area contributed by atoms with Gasteiger partial charge >= 0.3 is 0 Å². The molecule has 1 unspecified atom stereocenters. The Morgan fingerprint density at radius 1 is 1.05 bits per heavy atom. The summed E-state index contributed by atoms with van der Waals surface area (Å²) in [4.78, 5) is 44.7. The number of ether oxygens (including phenoxy) is 1. The highest BCUT2D eigenvalue weighted by molar-refractivity contribution is 9.10. The van der Waals surface area contributed by atoms with Gasteiger partial charge in [0.25, 0.3) is 5.91 Å². The van der Waals surface area contributed by atoms with Crippen molar-refractivity contribution >= 4 is 58.3 Å². The van der Waals surface area contributed by atoms with Gasteiger partial charge in [-0.25, -0.2) is 0 Å². The van der Waals surface area contributed by atoms with Crippen LogP contribution in [0.4, 0.5) is 11.4 Å². The molecule has 4 heterocycles. The molecule has 0 aliphatic carbocycles. The number of hydrogen-bond acceptors (Lipinski definition) is 7. The van der Waals surface area contributed by atoms with E-state index in [2.05, 4.69) is 36.5 Å². The maximum absolute atomic E-state index is 14.9. The Kier molecular flexibility index (Phi) is 10.3. The fourth-order valence-electron chi connectivity index (χ4n) is 8.91. The molecule has 11 nitrogen and oxygen atoms in total. The number of para-hydroxylation sites is 1. The number of halogens is 1. The van der Waals surface area contributed by atoms with Gasteiger partial charge in [0.1, 0.15) is 0 Å². The molecule has 4 N–H and O–H groups in total. The average molecular weight is 834 g/mol. The van der Waals surface area contributed by atoms with Crippen LogP contribution >= 0.6 is 15.9 Å². The molecule has 0 saturated carbocycles. The quantitative estimate of drug-likeness (QED) is 0.0951. The van der Waals surface area contributed by atoms with Gasteiger partial charge in [-0.1, -0.05) is 88.7 Å². The molecular formula is C43H45BrN6O5Si. The summed E-state index contributed by atoms with van der Waals surface area (Å²) in [6.07, 6.45) is 4.06. The first kappa shape index (κ1) is 38.0. The Hall–Kier alpha value is -4.92. The molecule has 1 fully saturated rings. The van der Waals surface area contributed by atoms with Crippen molar-refractivity contribution in [2.75, 3.05) is 16.8 Å². The predicted molar refractivity (Wildman–Crippen MR) is 222 cm³/mol. The summed E-state index contributed by atoms with van der Waals surface area (Å²) in [5.41, 5.74) is 5.15. The number of nitrogens with zero attached hydrogens (tertiary/aromatic N) is 4. The molecule has 56 heavy (non-hydrogen) atoms. The molecular weight excluding hydrogens is 788 g/mol. The smallest absolute Gasteiger partial charge is 0.264 e. The second-order valence-corrected chi connectivity index (χ2v) is 20.4. The van der Waals surface area contributed by atoms with Gasteiger partial charge < -0.3 is 29.8 Å². The first-order valence-corrected chi connectivity index (χ1v) is 22.8. The first-order valence-electron chi connectivity index (χ1n) is 19.0. The minimum absolute atomic E-state index is 0.0956. The van der Waals surface area contributed by atoms with Gasteiger partial charge in [-0.15, -0.1) is 5.10 Å². The molecule has 2 aliphatic heterocycles. The van der Waals surface area contributed by atoms with Crippen LogP contribution in [-0.2, 0) is 39.4 Å². The molecule has 13 heteroatoms. The number of hydrogen-bond donors (Lipinski definition) is 4. The van der Waals surface area contributed by atoms with Crippen LogP contribution in [0.5, 0.6) is 0 Å². The van der Waals surface area contributed by atoms with E-state index < -0.39 is 20.0 Å². The highest BCUT2D eigenvalue weighted by atomic mass is 79.9. The zero-order valence-corrected chi connectivity index (χ0v) is 34.1. The van der Waals surface area contributed by atoms with E-state index in [4.69, 9.17) is 4.74 Å². The maximum Gasteiger partial charge on any atom is 0.264 e. The lowest BCUT2D eigenvalue weighted by atomic mass is 9.82. The molecule has 2 aliphatic rings. The summed E-state index contributed by atoms with van der Waals surface area (Å²) in [6.45, 7) is 6.54. The minimum atomic E-state index is -2.88. The average Bonchev–Trinajstić information content (AvgIpc) is 3.94. The number of aliphatic hydroxyl groups is 1. The van der Waals surface area contributed by atoms with Gasteiger partial charge in [0.05, 0.1) is 43.0 Å². The molecule has 8 rings (SSSR count). The topological polar surface area (TPSA) is 146 Å². The van der Waals surface area contributed by atoms with Crippen LogP contribution in [0.25, 0.3) is 10.9 Å². The molecule has 4 aromatic carbocycles. The lowest BCUT2D eigenvalue weighted by Gasteiger charge is -2.32. The Bertz CT molecular complexity index is 2380. The maximum atomic E-state index is 14.9. The third-order valence-electron chi connectivity index (χ3n) is 11.5. The van der Waals surface area contributed by atoms with Crippen molar-refractivity contribution in [3.05, 3.63) is 142 Å². The van der Waals surface area contributed by atoms with E-state index in [1.807, 2.05) is 129 Å². The Balaban J connectivity index is 1.00. The second-order valence-electron chi connectivity index (χ2n) is 15.5. The third-order valence-corrected chi connectivity index (χ3v) is 14.5. The fourth-order valence-corrected chi connectivity index (χ4v) is 11.9. The van der Waals surface area contributed by atoms with Crippen LogP contribution in [0, 0.1) is 5.92 Å². The number of amides is 2. The number of rotatable bonds is 12. The largest absolute Gasteiger partial charge is 0.432 e. The van der Waals surface area contributed by atoms with E-state index in [-0.39, 0.29) is 42.2 Å². The molecule has 0 bridgehead atoms. The summed E-state index contributed by atoms with van der Waals surface area (Å²) < 4.78 is 9.62. The van der Waals surface area contributed by atoms with Crippen LogP contribution < -0.4 is 10.2 Å². The minimum Gasteiger partial charge on any atom is -0.432 e. The number of aryl methyl sites for hydroxylation is 1. The van der Waals surface area contributed by atoms with Crippen molar-refractivity contribution in [3.63, 3.8) is 0 Å². The lowest BCUT2D eigenvalue weighted by Crippen LogP contribution is -2.46. The summed E-state index contributed by atoms with van der Waals surface area (Å²) in [5.74, 6) is -0.883. The van der Waals surface area contributed by atoms with Gasteiger partial charge in [0.15, 0.2) is 13.9 Å². The number of aromatic amines is 1. The number of benzene rings is 4. The number of H-pyrrole nitrogens is 1. The first-order chi connectivity index (χ1) is 27.0. The summed E-state index contributed by atoms with van der Waals surface area (Å²) >= 11 is 3.65. The van der Waals surface area contributed by atoms with Crippen molar-refractivity contribution in [1.29, 1.82) is 0 Å². The summed E-state index contributed by atoms with van der Waals surface area (Å²) in [6, 6.07) is 31.1. The van der Waals surface area contributed by atoms with Crippen molar-refractivity contribution in [2.45, 2.75) is 69.1 Å². The van der Waals surface area contributed by atoms with Crippen molar-refractivity contribution in [3.8, 4) is 0 Å². The number of carbonyl (C=O) groups is 2. The van der Waals surface area contributed by atoms with Crippen molar-refractivity contribution < 1.29 is 24.2 Å². The molecule has 2 amide bonds. The van der Waals surface area contributed by atoms with E-state index in [9.17, 15) is 19.5 Å². The van der Waals surface area contributed by atoms with Crippen LogP contribution in [0.15, 0.2) is 114 Å². The highest BCUT2D eigenvalue weighted by Gasteiger charge is 2.66. The van der Waals surface area contributed by atoms with Gasteiger partial charge in [-0.05, 0) is 72.6 Å². The number of anilines is 2. The van der Waals surface area contributed by atoms with E-state index in [1.54, 1.807) is 9.58 Å². The Labute approximate surface area is 335 Å². The summed E-state index contributed by atoms with van der Waals surface area (Å²) in [5, 5.41) is 23.0. The molecule has 1 saturated heterocycles. The Morgan fingerprint density at radius 2 is 1.80 bits per heavy atom. The fraction of sp³-hybridized carbons (Fsp3) is 0.302. The molecule has 2 aromatic heterocycles. The normalized spacial score (nSPS) is 21.2. The summed E-state index contributed by atoms with van der Waals surface area (Å²) in [7, 11) is -2.88. The zero-order valence-electron chi connectivity index (χ0n) is 31.5. The van der Waals surface area contributed by atoms with E-state index >= 15 is 0 Å². The van der Waals surface area contributed by atoms with Crippen LogP contribution in [0.3, 0.4) is 0 Å².